The van der Waals surface area contributed by atoms with Crippen molar-refractivity contribution in [2.24, 2.45) is 0 Å². The van der Waals surface area contributed by atoms with Crippen LogP contribution in [0.25, 0.3) is 0 Å². The molecule has 0 radical (unpaired) electrons. The number of likely N-dealkylation sites (tertiary alicyclic amines) is 1. The van der Waals surface area contributed by atoms with Crippen molar-refractivity contribution in [3.8, 4) is 0 Å². The summed E-state index contributed by atoms with van der Waals surface area (Å²) >= 11 is 0. The molecule has 1 saturated heterocycles. The van der Waals surface area contributed by atoms with Gasteiger partial charge in [0, 0.05) is 31.5 Å². The molecule has 0 amide bonds. The lowest BCUT2D eigenvalue weighted by atomic mass is 10.2. The van der Waals surface area contributed by atoms with Crippen molar-refractivity contribution in [2.45, 2.75) is 32.4 Å². The van der Waals surface area contributed by atoms with E-state index < -0.39 is 0 Å². The largest absolute Gasteiger partial charge is 0.313 e. The average Bonchev–Trinajstić information content (AvgIpc) is 2.95. The summed E-state index contributed by atoms with van der Waals surface area (Å²) in [6.07, 6.45) is 6.55. The Hall–Kier alpha value is -0.870. The maximum Gasteiger partial charge on any atom is 0.0533 e. The fourth-order valence-corrected chi connectivity index (χ4v) is 2.44. The third kappa shape index (κ3) is 3.06. The number of nitrogens with zero attached hydrogens (tertiary/aromatic N) is 3. The zero-order valence-electron chi connectivity index (χ0n) is 10.1. The summed E-state index contributed by atoms with van der Waals surface area (Å²) in [5, 5.41) is 7.71. The van der Waals surface area contributed by atoms with Crippen molar-refractivity contribution in [1.82, 2.24) is 20.0 Å². The van der Waals surface area contributed by atoms with Crippen LogP contribution in [0.1, 0.15) is 19.8 Å². The number of hydrogen-bond acceptors (Lipinski definition) is 3. The number of hydrogen-bond donors (Lipinski definition) is 1. The van der Waals surface area contributed by atoms with Crippen LogP contribution in [0, 0.1) is 0 Å². The highest BCUT2D eigenvalue weighted by Crippen LogP contribution is 2.15. The monoisotopic (exact) mass is 222 g/mol. The molecule has 0 bridgehead atoms. The van der Waals surface area contributed by atoms with Gasteiger partial charge in [-0.2, -0.15) is 5.10 Å². The Labute approximate surface area is 97.6 Å². The fraction of sp³-hybridized carbons (Fsp3) is 0.750. The quantitative estimate of drug-likeness (QED) is 0.728. The summed E-state index contributed by atoms with van der Waals surface area (Å²) in [7, 11) is 0. The molecule has 1 N–H and O–H groups in total. The van der Waals surface area contributed by atoms with Gasteiger partial charge in [-0.3, -0.25) is 9.58 Å². The van der Waals surface area contributed by atoms with Crippen LogP contribution >= 0.6 is 0 Å². The Morgan fingerprint density at radius 1 is 1.50 bits per heavy atom. The Morgan fingerprint density at radius 3 is 3.19 bits per heavy atom. The van der Waals surface area contributed by atoms with Crippen LogP contribution in [-0.2, 0) is 6.54 Å². The van der Waals surface area contributed by atoms with Gasteiger partial charge in [-0.05, 0) is 32.0 Å². The van der Waals surface area contributed by atoms with Crippen molar-refractivity contribution in [1.29, 1.82) is 0 Å². The molecule has 0 aliphatic carbocycles. The second kappa shape index (κ2) is 6.01. The van der Waals surface area contributed by atoms with E-state index in [1.165, 1.54) is 25.9 Å². The van der Waals surface area contributed by atoms with Gasteiger partial charge in [-0.25, -0.2) is 0 Å². The molecular weight excluding hydrogens is 200 g/mol. The molecule has 1 aromatic rings. The molecule has 90 valence electrons. The van der Waals surface area contributed by atoms with Crippen molar-refractivity contribution < 1.29 is 0 Å². The van der Waals surface area contributed by atoms with Gasteiger partial charge in [0.15, 0.2) is 0 Å². The van der Waals surface area contributed by atoms with Gasteiger partial charge >= 0.3 is 0 Å². The molecule has 1 aliphatic rings. The molecule has 4 nitrogen and oxygen atoms in total. The lowest BCUT2D eigenvalue weighted by Crippen LogP contribution is -2.38. The molecule has 1 aromatic heterocycles. The number of aromatic nitrogens is 2. The van der Waals surface area contributed by atoms with Crippen molar-refractivity contribution in [2.75, 3.05) is 26.2 Å². The van der Waals surface area contributed by atoms with E-state index in [2.05, 4.69) is 22.2 Å². The molecule has 16 heavy (non-hydrogen) atoms. The molecule has 0 saturated carbocycles. The Bertz CT molecular complexity index is 283. The molecule has 2 heterocycles. The SMILES string of the molecule is CCN1CCCC1CNCCn1cccn1. The molecule has 2 rings (SSSR count). The maximum absolute atomic E-state index is 4.18. The van der Waals surface area contributed by atoms with Gasteiger partial charge in [-0.15, -0.1) is 0 Å². The number of likely N-dealkylation sites (N-methyl/N-ethyl adjacent to an activating group) is 1. The van der Waals surface area contributed by atoms with E-state index in [9.17, 15) is 0 Å². The highest BCUT2D eigenvalue weighted by Gasteiger charge is 2.21. The van der Waals surface area contributed by atoms with Crippen LogP contribution < -0.4 is 5.32 Å². The summed E-state index contributed by atoms with van der Waals surface area (Å²) in [5.74, 6) is 0. The topological polar surface area (TPSA) is 33.1 Å². The standard InChI is InChI=1S/C12H22N4/c1-2-15-8-3-5-12(15)11-13-7-10-16-9-4-6-14-16/h4,6,9,12-13H,2-3,5,7-8,10-11H2,1H3. The van der Waals surface area contributed by atoms with Crippen LogP contribution in [0.15, 0.2) is 18.5 Å². The van der Waals surface area contributed by atoms with E-state index in [1.54, 1.807) is 0 Å². The second-order valence-electron chi connectivity index (χ2n) is 4.40. The molecular formula is C12H22N4. The van der Waals surface area contributed by atoms with Crippen LogP contribution in [-0.4, -0.2) is 46.9 Å². The highest BCUT2D eigenvalue weighted by atomic mass is 15.3. The molecule has 1 atom stereocenters. The van der Waals surface area contributed by atoms with E-state index in [4.69, 9.17) is 0 Å². The van der Waals surface area contributed by atoms with Crippen LogP contribution in [0.2, 0.25) is 0 Å². The first-order chi connectivity index (χ1) is 7.90. The van der Waals surface area contributed by atoms with Gasteiger partial charge in [0.05, 0.1) is 6.54 Å². The summed E-state index contributed by atoms with van der Waals surface area (Å²) in [4.78, 5) is 2.57. The third-order valence-corrected chi connectivity index (χ3v) is 3.36. The zero-order chi connectivity index (χ0) is 11.2. The summed E-state index contributed by atoms with van der Waals surface area (Å²) in [6.45, 7) is 7.81. The number of rotatable bonds is 6. The molecule has 0 aromatic carbocycles. The lowest BCUT2D eigenvalue weighted by Gasteiger charge is -2.22. The smallest absolute Gasteiger partial charge is 0.0533 e. The van der Waals surface area contributed by atoms with E-state index in [0.717, 1.165) is 25.7 Å². The van der Waals surface area contributed by atoms with Crippen molar-refractivity contribution in [3.05, 3.63) is 18.5 Å². The van der Waals surface area contributed by atoms with Gasteiger partial charge in [-0.1, -0.05) is 6.92 Å². The molecule has 1 unspecified atom stereocenters. The summed E-state index contributed by atoms with van der Waals surface area (Å²) < 4.78 is 1.97. The second-order valence-corrected chi connectivity index (χ2v) is 4.40. The van der Waals surface area contributed by atoms with Crippen molar-refractivity contribution in [3.63, 3.8) is 0 Å². The Balaban J connectivity index is 1.61. The van der Waals surface area contributed by atoms with E-state index in [0.29, 0.717) is 0 Å². The Morgan fingerprint density at radius 2 is 2.44 bits per heavy atom. The normalized spacial score (nSPS) is 21.7. The molecule has 4 heteroatoms. The minimum Gasteiger partial charge on any atom is -0.313 e. The molecule has 0 spiro atoms. The van der Waals surface area contributed by atoms with Crippen LogP contribution in [0.3, 0.4) is 0 Å². The average molecular weight is 222 g/mol. The van der Waals surface area contributed by atoms with Gasteiger partial charge in [0.2, 0.25) is 0 Å². The van der Waals surface area contributed by atoms with Gasteiger partial charge in [0.1, 0.15) is 0 Å². The number of nitrogens with one attached hydrogen (secondary N) is 1. The lowest BCUT2D eigenvalue weighted by molar-refractivity contribution is 0.259. The Kier molecular flexibility index (Phi) is 4.36. The van der Waals surface area contributed by atoms with Crippen molar-refractivity contribution >= 4 is 0 Å². The van der Waals surface area contributed by atoms with Crippen LogP contribution in [0.4, 0.5) is 0 Å². The fourth-order valence-electron chi connectivity index (χ4n) is 2.44. The minimum absolute atomic E-state index is 0.752. The van der Waals surface area contributed by atoms with E-state index in [1.807, 2.05) is 23.1 Å². The van der Waals surface area contributed by atoms with Gasteiger partial charge in [0.25, 0.3) is 0 Å². The predicted molar refractivity (Wildman–Crippen MR) is 65.4 cm³/mol. The summed E-state index contributed by atoms with van der Waals surface area (Å²) in [5.41, 5.74) is 0. The third-order valence-electron chi connectivity index (χ3n) is 3.36. The molecule has 1 fully saturated rings. The van der Waals surface area contributed by atoms with E-state index >= 15 is 0 Å². The first kappa shape index (κ1) is 11.6. The zero-order valence-corrected chi connectivity index (χ0v) is 10.1. The van der Waals surface area contributed by atoms with Gasteiger partial charge < -0.3 is 5.32 Å². The molecule has 1 aliphatic heterocycles. The maximum atomic E-state index is 4.18. The van der Waals surface area contributed by atoms with Crippen LogP contribution in [0.5, 0.6) is 0 Å². The van der Waals surface area contributed by atoms with E-state index in [-0.39, 0.29) is 0 Å². The highest BCUT2D eigenvalue weighted by molar-refractivity contribution is 4.80. The minimum atomic E-state index is 0.752. The first-order valence-electron chi connectivity index (χ1n) is 6.32. The predicted octanol–water partition coefficient (Wildman–Crippen LogP) is 0.957. The summed E-state index contributed by atoms with van der Waals surface area (Å²) in [6, 6.07) is 2.72. The first-order valence-corrected chi connectivity index (χ1v) is 6.32.